The molecule has 112 valence electrons. The molecule has 1 aromatic rings. The van der Waals surface area contributed by atoms with E-state index in [0.717, 1.165) is 19.3 Å². The number of nitrogens with one attached hydrogen (secondary N) is 1. The zero-order valence-electron chi connectivity index (χ0n) is 11.5. The van der Waals surface area contributed by atoms with Crippen LogP contribution in [0.4, 0.5) is 10.5 Å². The van der Waals surface area contributed by atoms with Gasteiger partial charge in [-0.15, -0.1) is 0 Å². The Kier molecular flexibility index (Phi) is 3.74. The Hall–Kier alpha value is -2.15. The molecule has 2 atom stereocenters. The summed E-state index contributed by atoms with van der Waals surface area (Å²) in [4.78, 5) is 28.7. The van der Waals surface area contributed by atoms with Crippen LogP contribution >= 0.6 is 0 Å². The Bertz CT molecular complexity index is 546. The van der Waals surface area contributed by atoms with Gasteiger partial charge in [0, 0.05) is 6.54 Å². The lowest BCUT2D eigenvalue weighted by Gasteiger charge is -2.37. The molecule has 0 aromatic carbocycles. The van der Waals surface area contributed by atoms with Gasteiger partial charge in [-0.1, -0.05) is 0 Å². The highest BCUT2D eigenvalue weighted by molar-refractivity contribution is 5.90. The second kappa shape index (κ2) is 5.69. The first kappa shape index (κ1) is 13.8. The van der Waals surface area contributed by atoms with Crippen LogP contribution in [-0.2, 0) is 4.74 Å². The Labute approximate surface area is 121 Å². The third kappa shape index (κ3) is 2.82. The molecule has 2 fully saturated rings. The van der Waals surface area contributed by atoms with Crippen molar-refractivity contribution in [2.75, 3.05) is 18.5 Å². The van der Waals surface area contributed by atoms with Crippen LogP contribution in [0.5, 0.6) is 0 Å². The lowest BCUT2D eigenvalue weighted by atomic mass is 10.1. The number of amides is 2. The van der Waals surface area contributed by atoms with Gasteiger partial charge in [0.05, 0.1) is 30.6 Å². The molecular formula is C14H17N3O4. The van der Waals surface area contributed by atoms with Gasteiger partial charge < -0.3 is 20.1 Å². The van der Waals surface area contributed by atoms with Crippen molar-refractivity contribution in [3.05, 3.63) is 24.0 Å². The molecule has 0 bridgehead atoms. The van der Waals surface area contributed by atoms with Crippen LogP contribution in [0.2, 0.25) is 0 Å². The van der Waals surface area contributed by atoms with Crippen LogP contribution in [0.15, 0.2) is 18.3 Å². The number of morpholine rings is 1. The number of aromatic nitrogens is 1. The van der Waals surface area contributed by atoms with Crippen LogP contribution in [0.25, 0.3) is 0 Å². The molecular weight excluding hydrogens is 274 g/mol. The molecule has 1 aromatic heterocycles. The quantitative estimate of drug-likeness (QED) is 0.863. The fourth-order valence-corrected chi connectivity index (χ4v) is 2.97. The lowest BCUT2D eigenvalue weighted by Crippen LogP contribution is -2.52. The number of aromatic carboxylic acids is 1. The summed E-state index contributed by atoms with van der Waals surface area (Å²) in [5.74, 6) is -1.09. The molecule has 2 N–H and O–H groups in total. The maximum absolute atomic E-state index is 12.3. The zero-order chi connectivity index (χ0) is 14.8. The van der Waals surface area contributed by atoms with E-state index in [0.29, 0.717) is 18.8 Å². The van der Waals surface area contributed by atoms with Gasteiger partial charge in [-0.3, -0.25) is 0 Å². The molecule has 7 nitrogen and oxygen atoms in total. The number of carbonyl (C=O) groups excluding carboxylic acids is 1. The second-order valence-electron chi connectivity index (χ2n) is 5.27. The Morgan fingerprint density at radius 3 is 2.95 bits per heavy atom. The third-order valence-electron chi connectivity index (χ3n) is 3.98. The number of pyridine rings is 1. The number of carbonyl (C=O) groups is 2. The van der Waals surface area contributed by atoms with E-state index >= 15 is 0 Å². The van der Waals surface area contributed by atoms with E-state index in [9.17, 15) is 9.59 Å². The summed E-state index contributed by atoms with van der Waals surface area (Å²) in [5, 5.41) is 11.6. The average Bonchev–Trinajstić information content (AvgIpc) is 2.96. The smallest absolute Gasteiger partial charge is 0.354 e. The molecule has 2 aliphatic rings. The van der Waals surface area contributed by atoms with Gasteiger partial charge in [-0.2, -0.15) is 0 Å². The molecule has 7 heteroatoms. The molecule has 1 aliphatic heterocycles. The number of anilines is 1. The minimum absolute atomic E-state index is 0.0461. The minimum Gasteiger partial charge on any atom is -0.477 e. The first-order valence-corrected chi connectivity index (χ1v) is 7.04. The summed E-state index contributed by atoms with van der Waals surface area (Å²) in [6.45, 7) is 1.14. The fourth-order valence-electron chi connectivity index (χ4n) is 2.97. The van der Waals surface area contributed by atoms with E-state index in [-0.39, 0.29) is 23.9 Å². The predicted molar refractivity (Wildman–Crippen MR) is 74.3 cm³/mol. The van der Waals surface area contributed by atoms with Crippen LogP contribution in [0, 0.1) is 0 Å². The first-order valence-electron chi connectivity index (χ1n) is 7.04. The number of hydrogen-bond acceptors (Lipinski definition) is 4. The van der Waals surface area contributed by atoms with Gasteiger partial charge >= 0.3 is 12.0 Å². The van der Waals surface area contributed by atoms with Crippen LogP contribution < -0.4 is 5.32 Å². The maximum Gasteiger partial charge on any atom is 0.354 e. The summed E-state index contributed by atoms with van der Waals surface area (Å²) in [5.41, 5.74) is 0.446. The summed E-state index contributed by atoms with van der Waals surface area (Å²) in [6, 6.07) is 2.88. The van der Waals surface area contributed by atoms with Crippen molar-refractivity contribution >= 4 is 17.7 Å². The zero-order valence-corrected chi connectivity index (χ0v) is 11.5. The van der Waals surface area contributed by atoms with Crippen molar-refractivity contribution in [3.63, 3.8) is 0 Å². The van der Waals surface area contributed by atoms with Gasteiger partial charge in [-0.25, -0.2) is 14.6 Å². The summed E-state index contributed by atoms with van der Waals surface area (Å²) >= 11 is 0. The van der Waals surface area contributed by atoms with E-state index < -0.39 is 5.97 Å². The second-order valence-corrected chi connectivity index (χ2v) is 5.27. The van der Waals surface area contributed by atoms with Crippen LogP contribution in [0.1, 0.15) is 29.8 Å². The van der Waals surface area contributed by atoms with Gasteiger partial charge in [0.25, 0.3) is 0 Å². The highest BCUT2D eigenvalue weighted by Crippen LogP contribution is 2.30. The molecule has 3 rings (SSSR count). The maximum atomic E-state index is 12.3. The SMILES string of the molecule is O=C(O)c1ccc(NC(=O)N2CCOC3CCCC32)cn1. The van der Waals surface area contributed by atoms with Crippen molar-refractivity contribution in [2.45, 2.75) is 31.4 Å². The van der Waals surface area contributed by atoms with E-state index in [1.54, 1.807) is 6.07 Å². The number of urea groups is 1. The van der Waals surface area contributed by atoms with E-state index in [2.05, 4.69) is 10.3 Å². The lowest BCUT2D eigenvalue weighted by molar-refractivity contribution is -0.0362. The van der Waals surface area contributed by atoms with Gasteiger partial charge in [0.1, 0.15) is 5.69 Å². The molecule has 2 unspecified atom stereocenters. The van der Waals surface area contributed by atoms with Gasteiger partial charge in [-0.05, 0) is 31.4 Å². The predicted octanol–water partition coefficient (Wildman–Crippen LogP) is 1.56. The number of fused-ring (bicyclic) bond motifs is 1. The van der Waals surface area contributed by atoms with Crippen molar-refractivity contribution < 1.29 is 19.4 Å². The van der Waals surface area contributed by atoms with Gasteiger partial charge in [0.15, 0.2) is 0 Å². The highest BCUT2D eigenvalue weighted by Gasteiger charge is 2.38. The Morgan fingerprint density at radius 2 is 2.24 bits per heavy atom. The Morgan fingerprint density at radius 1 is 1.38 bits per heavy atom. The van der Waals surface area contributed by atoms with Crippen LogP contribution in [0.3, 0.4) is 0 Å². The molecule has 0 spiro atoms. The van der Waals surface area contributed by atoms with Crippen LogP contribution in [-0.4, -0.2) is 52.3 Å². The molecule has 2 amide bonds. The van der Waals surface area contributed by atoms with Crippen molar-refractivity contribution in [2.24, 2.45) is 0 Å². The van der Waals surface area contributed by atoms with E-state index in [1.165, 1.54) is 12.3 Å². The normalized spacial score (nSPS) is 24.5. The van der Waals surface area contributed by atoms with E-state index in [4.69, 9.17) is 9.84 Å². The number of carboxylic acids is 1. The van der Waals surface area contributed by atoms with E-state index in [1.807, 2.05) is 4.90 Å². The number of hydrogen-bond donors (Lipinski definition) is 2. The largest absolute Gasteiger partial charge is 0.477 e. The molecule has 1 saturated heterocycles. The summed E-state index contributed by atoms with van der Waals surface area (Å²) in [6.07, 6.45) is 4.55. The number of ether oxygens (including phenoxy) is 1. The number of nitrogens with zero attached hydrogens (tertiary/aromatic N) is 2. The first-order chi connectivity index (χ1) is 10.1. The topological polar surface area (TPSA) is 91.8 Å². The fraction of sp³-hybridized carbons (Fsp3) is 0.500. The van der Waals surface area contributed by atoms with Gasteiger partial charge in [0.2, 0.25) is 0 Å². The minimum atomic E-state index is -1.09. The van der Waals surface area contributed by atoms with Crippen molar-refractivity contribution in [1.82, 2.24) is 9.88 Å². The molecule has 1 aliphatic carbocycles. The summed E-state index contributed by atoms with van der Waals surface area (Å²) < 4.78 is 5.68. The monoisotopic (exact) mass is 291 g/mol. The standard InChI is InChI=1S/C14H17N3O4/c18-13(19)10-5-4-9(8-15-10)16-14(20)17-6-7-21-12-3-1-2-11(12)17/h4-5,8,11-12H,1-3,6-7H2,(H,16,20)(H,18,19). The molecule has 0 radical (unpaired) electrons. The molecule has 1 saturated carbocycles. The summed E-state index contributed by atoms with van der Waals surface area (Å²) in [7, 11) is 0. The number of rotatable bonds is 2. The molecule has 2 heterocycles. The highest BCUT2D eigenvalue weighted by atomic mass is 16.5. The number of carboxylic acid groups (broad SMARTS) is 1. The average molecular weight is 291 g/mol. The Balaban J connectivity index is 1.66. The van der Waals surface area contributed by atoms with Crippen molar-refractivity contribution in [3.8, 4) is 0 Å². The molecule has 21 heavy (non-hydrogen) atoms. The third-order valence-corrected chi connectivity index (χ3v) is 3.98. The van der Waals surface area contributed by atoms with Crippen molar-refractivity contribution in [1.29, 1.82) is 0 Å².